The molecule has 0 spiro atoms. The quantitative estimate of drug-likeness (QED) is 0.109. The molecule has 4 amide bonds. The lowest BCUT2D eigenvalue weighted by Gasteiger charge is -2.49. The molecule has 2 aliphatic heterocycles. The monoisotopic (exact) mass is 930 g/mol. The van der Waals surface area contributed by atoms with Crippen LogP contribution in [-0.2, 0) is 38.6 Å². The molecule has 2 saturated heterocycles. The molecule has 3 aromatic carbocycles. The Bertz CT molecular complexity index is 2750. The molecule has 1 saturated carbocycles. The number of aromatic hydroxyl groups is 1. The molecule has 9 rings (SSSR count). The van der Waals surface area contributed by atoms with Crippen LogP contribution in [0.1, 0.15) is 47.9 Å². The highest BCUT2D eigenvalue weighted by atomic mass is 79.9. The Morgan fingerprint density at radius 1 is 0.883 bits per heavy atom. The molecular formula is C42H30BrClF6N4O5S. The lowest BCUT2D eigenvalue weighted by molar-refractivity contribution is -0.143. The second-order valence-corrected chi connectivity index (χ2v) is 18.3. The Kier molecular flexibility index (Phi) is 9.09. The zero-order valence-corrected chi connectivity index (χ0v) is 34.6. The van der Waals surface area contributed by atoms with Crippen molar-refractivity contribution in [3.63, 3.8) is 0 Å². The summed E-state index contributed by atoms with van der Waals surface area (Å²) in [5, 5.41) is 17.5. The summed E-state index contributed by atoms with van der Waals surface area (Å²) in [5.74, 6) is -9.06. The number of nitrogens with zero attached hydrogens (tertiary/aromatic N) is 4. The fourth-order valence-electron chi connectivity index (χ4n) is 9.87. The van der Waals surface area contributed by atoms with Crippen molar-refractivity contribution in [3.8, 4) is 16.3 Å². The summed E-state index contributed by atoms with van der Waals surface area (Å²) < 4.78 is 86.3. The molecule has 6 atom stereocenters. The van der Waals surface area contributed by atoms with Crippen molar-refractivity contribution >= 4 is 84.1 Å². The van der Waals surface area contributed by atoms with Crippen LogP contribution in [0, 0.1) is 36.0 Å². The summed E-state index contributed by atoms with van der Waals surface area (Å²) in [4.78, 5) is 60.7. The van der Waals surface area contributed by atoms with Crippen LogP contribution >= 0.6 is 38.9 Å². The van der Waals surface area contributed by atoms with Gasteiger partial charge in [0.15, 0.2) is 0 Å². The second kappa shape index (κ2) is 13.5. The van der Waals surface area contributed by atoms with Crippen molar-refractivity contribution in [2.45, 2.75) is 45.0 Å². The third-order valence-corrected chi connectivity index (χ3v) is 14.6. The average Bonchev–Trinajstić information content (AvgIpc) is 3.85. The molecule has 3 fully saturated rings. The summed E-state index contributed by atoms with van der Waals surface area (Å²) in [6.07, 6.45) is -9.14. The number of hydrogen-bond acceptors (Lipinski definition) is 7. The summed E-state index contributed by atoms with van der Waals surface area (Å²) in [6, 6.07) is 12.3. The van der Waals surface area contributed by atoms with E-state index in [1.165, 1.54) is 22.1 Å². The minimum Gasteiger partial charge on any atom is -0.508 e. The number of amides is 4. The van der Waals surface area contributed by atoms with Crippen LogP contribution in [0.15, 0.2) is 76.8 Å². The zero-order chi connectivity index (χ0) is 43.1. The number of carbonyl (C=O) groups is 4. The Morgan fingerprint density at radius 2 is 1.57 bits per heavy atom. The van der Waals surface area contributed by atoms with Gasteiger partial charge in [-0.1, -0.05) is 39.2 Å². The predicted octanol–water partition coefficient (Wildman–Crippen LogP) is 10.2. The summed E-state index contributed by atoms with van der Waals surface area (Å²) in [7, 11) is 1.59. The molecule has 2 aromatic heterocycles. The van der Waals surface area contributed by atoms with E-state index in [-0.39, 0.29) is 36.0 Å². The summed E-state index contributed by atoms with van der Waals surface area (Å²) >= 11 is 11.2. The minimum absolute atomic E-state index is 0.0857. The highest BCUT2D eigenvalue weighted by molar-refractivity contribution is 9.10. The van der Waals surface area contributed by atoms with Crippen molar-refractivity contribution < 1.29 is 50.6 Å². The molecular weight excluding hydrogens is 902 g/mol. The Balaban J connectivity index is 1.15. The number of rotatable bonds is 4. The number of alkyl halides is 6. The smallest absolute Gasteiger partial charge is 0.416 e. The number of phenols is 1. The lowest BCUT2D eigenvalue weighted by Crippen LogP contribution is -2.49. The average molecular weight is 932 g/mol. The number of halogens is 8. The first-order valence-corrected chi connectivity index (χ1v) is 20.6. The van der Waals surface area contributed by atoms with Crippen molar-refractivity contribution in [1.29, 1.82) is 0 Å². The van der Waals surface area contributed by atoms with Crippen LogP contribution in [0.2, 0.25) is 5.02 Å². The minimum atomic E-state index is -5.24. The summed E-state index contributed by atoms with van der Waals surface area (Å²) in [6.45, 7) is 3.52. The third kappa shape index (κ3) is 5.89. The highest BCUT2D eigenvalue weighted by Gasteiger charge is 2.68. The van der Waals surface area contributed by atoms with E-state index in [9.17, 15) is 45.8 Å². The molecule has 0 bridgehead atoms. The number of aryl methyl sites for hydroxylation is 2. The van der Waals surface area contributed by atoms with Crippen molar-refractivity contribution in [3.05, 3.63) is 104 Å². The number of allylic oxidation sites excluding steroid dienone is 2. The van der Waals surface area contributed by atoms with E-state index in [1.807, 2.05) is 19.1 Å². The Morgan fingerprint density at radius 3 is 2.23 bits per heavy atom. The molecule has 9 nitrogen and oxygen atoms in total. The number of phenolic OH excluding ortho intramolecular Hbond substituents is 1. The normalized spacial score (nSPS) is 25.6. The van der Waals surface area contributed by atoms with Gasteiger partial charge >= 0.3 is 12.4 Å². The number of imide groups is 2. The van der Waals surface area contributed by atoms with Gasteiger partial charge in [0.25, 0.3) is 0 Å². The molecule has 4 heterocycles. The maximum Gasteiger partial charge on any atom is 0.416 e. The van der Waals surface area contributed by atoms with Crippen LogP contribution in [0.3, 0.4) is 0 Å². The van der Waals surface area contributed by atoms with Crippen molar-refractivity contribution in [2.24, 2.45) is 36.1 Å². The van der Waals surface area contributed by atoms with Gasteiger partial charge < -0.3 is 5.11 Å². The molecule has 5 aromatic rings. The van der Waals surface area contributed by atoms with Gasteiger partial charge in [-0.3, -0.25) is 23.9 Å². The van der Waals surface area contributed by atoms with Gasteiger partial charge in [0.2, 0.25) is 23.6 Å². The van der Waals surface area contributed by atoms with E-state index in [1.54, 1.807) is 44.3 Å². The number of benzene rings is 3. The lowest BCUT2D eigenvalue weighted by atomic mass is 9.51. The molecule has 0 unspecified atom stereocenters. The van der Waals surface area contributed by atoms with E-state index in [2.05, 4.69) is 15.9 Å². The van der Waals surface area contributed by atoms with Gasteiger partial charge in [0.05, 0.1) is 44.9 Å². The SMILES string of the molecule is Cc1c(-c2cc(N3C(=O)[C@@H]4C[C@@H]5C(=CC[C@@H]6C(=O)N(c7cc(C(F)(F)F)cc(C(F)(F)F)c7)C(=O)[C@@H]65)[C@H](c5cc(Br)ccc5O)[C@]4(C)C3=O)n(C)n2)sc2ccc(Cl)cc12. The number of hydrogen-bond donors (Lipinski definition) is 1. The first-order valence-electron chi connectivity index (χ1n) is 18.6. The van der Waals surface area contributed by atoms with Crippen LogP contribution < -0.4 is 9.80 Å². The zero-order valence-electron chi connectivity index (χ0n) is 31.5. The van der Waals surface area contributed by atoms with Gasteiger partial charge in [0.1, 0.15) is 17.3 Å². The third-order valence-electron chi connectivity index (χ3n) is 12.6. The van der Waals surface area contributed by atoms with Gasteiger partial charge in [0, 0.05) is 38.8 Å². The molecule has 2 aliphatic carbocycles. The van der Waals surface area contributed by atoms with Gasteiger partial charge in [-0.2, -0.15) is 31.4 Å². The van der Waals surface area contributed by atoms with E-state index in [0.29, 0.717) is 37.8 Å². The fourth-order valence-corrected chi connectivity index (χ4v) is 11.6. The number of carbonyl (C=O) groups excluding carboxylic acids is 4. The topological polar surface area (TPSA) is 113 Å². The molecule has 0 radical (unpaired) electrons. The molecule has 4 aliphatic rings. The largest absolute Gasteiger partial charge is 0.508 e. The number of fused-ring (bicyclic) bond motifs is 5. The van der Waals surface area contributed by atoms with Crippen molar-refractivity contribution in [2.75, 3.05) is 9.80 Å². The first kappa shape index (κ1) is 40.4. The van der Waals surface area contributed by atoms with Gasteiger partial charge in [-0.05, 0) is 98.2 Å². The van der Waals surface area contributed by atoms with Crippen LogP contribution in [0.5, 0.6) is 5.75 Å². The molecule has 18 heteroatoms. The van der Waals surface area contributed by atoms with Crippen molar-refractivity contribution in [1.82, 2.24) is 9.78 Å². The predicted molar refractivity (Wildman–Crippen MR) is 213 cm³/mol. The number of anilines is 2. The second-order valence-electron chi connectivity index (χ2n) is 15.8. The van der Waals surface area contributed by atoms with E-state index in [4.69, 9.17) is 16.7 Å². The molecule has 1 N–H and O–H groups in total. The van der Waals surface area contributed by atoms with E-state index >= 15 is 4.79 Å². The van der Waals surface area contributed by atoms with Crippen LogP contribution in [-0.4, -0.2) is 38.5 Å². The highest BCUT2D eigenvalue weighted by Crippen LogP contribution is 2.65. The van der Waals surface area contributed by atoms with Crippen LogP contribution in [0.25, 0.3) is 20.7 Å². The molecule has 310 valence electrons. The first-order chi connectivity index (χ1) is 28.1. The van der Waals surface area contributed by atoms with Gasteiger partial charge in [-0.15, -0.1) is 11.3 Å². The maximum atomic E-state index is 15.1. The molecule has 60 heavy (non-hydrogen) atoms. The maximum absolute atomic E-state index is 15.1. The summed E-state index contributed by atoms with van der Waals surface area (Å²) in [5.41, 5.74) is -3.80. The number of thiophene rings is 1. The standard InChI is InChI=1S/C42H30BrClF6N4O5S/c1-17-25-14-21(44)5-9-31(25)60-35(17)29-16-32(52(3)51-29)54-37(57)28-15-26-23(34(40(28,2)39(54)59)27-13-20(43)4-8-30(27)55)6-7-24-33(26)38(58)53(36(24)56)22-11-18(41(45,46)47)10-19(12-22)42(48,49)50/h4-6,8-14,16,24,26,28,33-34,55H,7,15H2,1-3H3/t24-,26+,28-,33-,34+,40+/m0/s1. The fraction of sp³-hybridized carbons (Fsp3) is 0.310. The Hall–Kier alpha value is -5.00. The van der Waals surface area contributed by atoms with E-state index < -0.39 is 87.8 Å². The Labute approximate surface area is 354 Å². The van der Waals surface area contributed by atoms with Crippen LogP contribution in [0.4, 0.5) is 37.8 Å². The van der Waals surface area contributed by atoms with E-state index in [0.717, 1.165) is 25.4 Å². The van der Waals surface area contributed by atoms with Gasteiger partial charge in [-0.25, -0.2) is 9.80 Å². The number of aromatic nitrogens is 2.